The van der Waals surface area contributed by atoms with Crippen LogP contribution < -0.4 is 15.8 Å². The van der Waals surface area contributed by atoms with E-state index in [0.717, 1.165) is 0 Å². The van der Waals surface area contributed by atoms with E-state index in [-0.39, 0.29) is 5.91 Å². The van der Waals surface area contributed by atoms with E-state index in [1.54, 1.807) is 30.3 Å². The smallest absolute Gasteiger partial charge is 0.252 e. The summed E-state index contributed by atoms with van der Waals surface area (Å²) in [5.41, 5.74) is 6.86. The number of para-hydroxylation sites is 2. The Morgan fingerprint density at radius 3 is 2.76 bits per heavy atom. The third-order valence-electron chi connectivity index (χ3n) is 2.74. The molecule has 1 amide bonds. The molecule has 0 aromatic heterocycles. The van der Waals surface area contributed by atoms with E-state index in [1.165, 1.54) is 0 Å². The van der Waals surface area contributed by atoms with Gasteiger partial charge < -0.3 is 15.8 Å². The summed E-state index contributed by atoms with van der Waals surface area (Å²) in [5.74, 6) is 0.419. The third-order valence-corrected chi connectivity index (χ3v) is 3.63. The zero-order valence-electron chi connectivity index (χ0n) is 11.1. The number of amides is 1. The average molecular weight is 370 g/mol. The minimum Gasteiger partial charge on any atom is -0.490 e. The molecule has 110 valence electrons. The van der Waals surface area contributed by atoms with Crippen molar-refractivity contribution < 1.29 is 9.53 Å². The average Bonchev–Trinajstić information content (AvgIpc) is 2.45. The second-order valence-corrected chi connectivity index (χ2v) is 5.56. The number of nitrogen functional groups attached to an aromatic ring is 1. The monoisotopic (exact) mass is 368 g/mol. The maximum atomic E-state index is 12.0. The molecule has 4 nitrogen and oxygen atoms in total. The molecule has 0 unspecified atom stereocenters. The van der Waals surface area contributed by atoms with E-state index in [0.29, 0.717) is 39.6 Å². The molecule has 0 atom stereocenters. The van der Waals surface area contributed by atoms with Gasteiger partial charge in [-0.2, -0.15) is 0 Å². The molecule has 0 saturated heterocycles. The fraction of sp³-hybridized carbons (Fsp3) is 0.133. The highest BCUT2D eigenvalue weighted by atomic mass is 79.9. The van der Waals surface area contributed by atoms with Gasteiger partial charge in [0, 0.05) is 9.50 Å². The lowest BCUT2D eigenvalue weighted by Crippen LogP contribution is -2.28. The standard InChI is InChI=1S/C15H14BrClN2O2/c16-12-9-10(17)5-6-11(12)15(20)19-7-8-21-14-4-2-1-3-13(14)18/h1-6,9H,7-8,18H2,(H,19,20). The van der Waals surface area contributed by atoms with Crippen molar-refractivity contribution in [3.8, 4) is 5.75 Å². The van der Waals surface area contributed by atoms with Crippen LogP contribution in [0.3, 0.4) is 0 Å². The van der Waals surface area contributed by atoms with Crippen LogP contribution in [0.2, 0.25) is 5.02 Å². The fourth-order valence-corrected chi connectivity index (χ4v) is 2.57. The predicted octanol–water partition coefficient (Wildman–Crippen LogP) is 3.49. The van der Waals surface area contributed by atoms with Crippen molar-refractivity contribution in [1.29, 1.82) is 0 Å². The van der Waals surface area contributed by atoms with Crippen molar-refractivity contribution in [3.63, 3.8) is 0 Å². The molecular weight excluding hydrogens is 356 g/mol. The van der Waals surface area contributed by atoms with Gasteiger partial charge >= 0.3 is 0 Å². The normalized spacial score (nSPS) is 10.2. The first kappa shape index (κ1) is 15.7. The van der Waals surface area contributed by atoms with Crippen LogP contribution in [0.25, 0.3) is 0 Å². The van der Waals surface area contributed by atoms with E-state index < -0.39 is 0 Å². The summed E-state index contributed by atoms with van der Waals surface area (Å²) < 4.78 is 6.15. The van der Waals surface area contributed by atoms with Gasteiger partial charge in [-0.1, -0.05) is 23.7 Å². The van der Waals surface area contributed by atoms with Crippen LogP contribution in [-0.2, 0) is 0 Å². The van der Waals surface area contributed by atoms with Gasteiger partial charge in [0.05, 0.1) is 17.8 Å². The number of ether oxygens (including phenoxy) is 1. The number of halogens is 2. The molecule has 0 aliphatic rings. The maximum Gasteiger partial charge on any atom is 0.252 e. The number of hydrogen-bond donors (Lipinski definition) is 2. The second kappa shape index (κ2) is 7.33. The first-order chi connectivity index (χ1) is 10.1. The summed E-state index contributed by atoms with van der Waals surface area (Å²) in [5, 5.41) is 3.34. The van der Waals surface area contributed by atoms with Gasteiger partial charge in [-0.15, -0.1) is 0 Å². The molecule has 2 rings (SSSR count). The molecule has 0 aliphatic carbocycles. The molecule has 0 heterocycles. The highest BCUT2D eigenvalue weighted by Crippen LogP contribution is 2.21. The van der Waals surface area contributed by atoms with Crippen LogP contribution in [0.5, 0.6) is 5.75 Å². The van der Waals surface area contributed by atoms with Crippen LogP contribution in [-0.4, -0.2) is 19.1 Å². The SMILES string of the molecule is Nc1ccccc1OCCNC(=O)c1ccc(Cl)cc1Br. The highest BCUT2D eigenvalue weighted by molar-refractivity contribution is 9.10. The Morgan fingerprint density at radius 2 is 2.05 bits per heavy atom. The maximum absolute atomic E-state index is 12.0. The number of nitrogens with one attached hydrogen (secondary N) is 1. The van der Waals surface area contributed by atoms with Gasteiger partial charge in [0.1, 0.15) is 12.4 Å². The summed E-state index contributed by atoms with van der Waals surface area (Å²) in [4.78, 5) is 12.0. The number of anilines is 1. The molecule has 0 saturated carbocycles. The highest BCUT2D eigenvalue weighted by Gasteiger charge is 2.09. The Balaban J connectivity index is 1.83. The van der Waals surface area contributed by atoms with E-state index >= 15 is 0 Å². The number of carbonyl (C=O) groups is 1. The number of carbonyl (C=O) groups excluding carboxylic acids is 1. The molecule has 3 N–H and O–H groups in total. The van der Waals surface area contributed by atoms with Gasteiger partial charge in [0.25, 0.3) is 5.91 Å². The molecule has 6 heteroatoms. The first-order valence-electron chi connectivity index (χ1n) is 6.28. The zero-order chi connectivity index (χ0) is 15.2. The van der Waals surface area contributed by atoms with Gasteiger partial charge in [0.15, 0.2) is 0 Å². The zero-order valence-corrected chi connectivity index (χ0v) is 13.4. The van der Waals surface area contributed by atoms with Crippen LogP contribution in [0, 0.1) is 0 Å². The van der Waals surface area contributed by atoms with Crippen molar-refractivity contribution in [1.82, 2.24) is 5.32 Å². The summed E-state index contributed by atoms with van der Waals surface area (Å²) in [6.45, 7) is 0.716. The predicted molar refractivity (Wildman–Crippen MR) is 87.8 cm³/mol. The molecule has 0 spiro atoms. The van der Waals surface area contributed by atoms with E-state index in [4.69, 9.17) is 22.1 Å². The van der Waals surface area contributed by atoms with Crippen molar-refractivity contribution >= 4 is 39.1 Å². The molecular formula is C15H14BrClN2O2. The van der Waals surface area contributed by atoms with Crippen LogP contribution in [0.4, 0.5) is 5.69 Å². The molecule has 0 fully saturated rings. The minimum atomic E-state index is -0.192. The Morgan fingerprint density at radius 1 is 1.29 bits per heavy atom. The lowest BCUT2D eigenvalue weighted by molar-refractivity contribution is 0.0946. The molecule has 0 aliphatic heterocycles. The van der Waals surface area contributed by atoms with Crippen molar-refractivity contribution in [2.75, 3.05) is 18.9 Å². The topological polar surface area (TPSA) is 64.3 Å². The molecule has 0 radical (unpaired) electrons. The Labute approximate surface area is 136 Å². The van der Waals surface area contributed by atoms with E-state index in [9.17, 15) is 4.79 Å². The Bertz CT molecular complexity index is 649. The lowest BCUT2D eigenvalue weighted by Gasteiger charge is -2.10. The second-order valence-electron chi connectivity index (χ2n) is 4.27. The van der Waals surface area contributed by atoms with Crippen LogP contribution in [0.15, 0.2) is 46.9 Å². The number of nitrogens with two attached hydrogens (primary N) is 1. The molecule has 0 bridgehead atoms. The lowest BCUT2D eigenvalue weighted by atomic mass is 10.2. The van der Waals surface area contributed by atoms with E-state index in [1.807, 2.05) is 12.1 Å². The number of benzene rings is 2. The van der Waals surface area contributed by atoms with Crippen molar-refractivity contribution in [2.45, 2.75) is 0 Å². The Kier molecular flexibility index (Phi) is 5.47. The Hall–Kier alpha value is -1.72. The third kappa shape index (κ3) is 4.37. The quantitative estimate of drug-likeness (QED) is 0.626. The van der Waals surface area contributed by atoms with Crippen LogP contribution >= 0.6 is 27.5 Å². The fourth-order valence-electron chi connectivity index (χ4n) is 1.71. The molecule has 2 aromatic rings. The molecule has 21 heavy (non-hydrogen) atoms. The minimum absolute atomic E-state index is 0.192. The molecule has 2 aromatic carbocycles. The van der Waals surface area contributed by atoms with Gasteiger partial charge in [0.2, 0.25) is 0 Å². The first-order valence-corrected chi connectivity index (χ1v) is 7.45. The number of hydrogen-bond acceptors (Lipinski definition) is 3. The summed E-state index contributed by atoms with van der Waals surface area (Å²) in [6.07, 6.45) is 0. The van der Waals surface area contributed by atoms with Gasteiger partial charge in [-0.05, 0) is 46.3 Å². The largest absolute Gasteiger partial charge is 0.490 e. The van der Waals surface area contributed by atoms with Gasteiger partial charge in [-0.25, -0.2) is 0 Å². The van der Waals surface area contributed by atoms with Gasteiger partial charge in [-0.3, -0.25) is 4.79 Å². The van der Waals surface area contributed by atoms with Crippen LogP contribution in [0.1, 0.15) is 10.4 Å². The van der Waals surface area contributed by atoms with Crippen molar-refractivity contribution in [3.05, 3.63) is 57.5 Å². The number of rotatable bonds is 5. The summed E-state index contributed by atoms with van der Waals surface area (Å²) in [6, 6.07) is 12.2. The summed E-state index contributed by atoms with van der Waals surface area (Å²) >= 11 is 9.15. The van der Waals surface area contributed by atoms with Crippen molar-refractivity contribution in [2.24, 2.45) is 0 Å². The van der Waals surface area contributed by atoms with E-state index in [2.05, 4.69) is 21.2 Å². The summed E-state index contributed by atoms with van der Waals surface area (Å²) in [7, 11) is 0.